The van der Waals surface area contributed by atoms with Gasteiger partial charge in [-0.15, -0.1) is 0 Å². The van der Waals surface area contributed by atoms with Crippen LogP contribution in [0.4, 0.5) is 0 Å². The first kappa shape index (κ1) is 25.6. The molecule has 0 atom stereocenters. The first-order valence-corrected chi connectivity index (χ1v) is 12.8. The highest BCUT2D eigenvalue weighted by molar-refractivity contribution is 7.85. The molecule has 0 aliphatic carbocycles. The van der Waals surface area contributed by atoms with E-state index in [0.717, 1.165) is 18.2 Å². The number of carboxylic acid groups (broad SMARTS) is 2. The number of fused-ring (bicyclic) bond motifs is 1. The third-order valence-corrected chi connectivity index (χ3v) is 7.11. The Hall–Kier alpha value is -5.07. The molecular formula is C27H18N2O9S. The molecule has 0 radical (unpaired) electrons. The Labute approximate surface area is 221 Å². The molecule has 2 aliphatic heterocycles. The van der Waals surface area contributed by atoms with Crippen LogP contribution in [-0.4, -0.2) is 51.8 Å². The Kier molecular flexibility index (Phi) is 6.13. The summed E-state index contributed by atoms with van der Waals surface area (Å²) in [6.07, 6.45) is 0. The van der Waals surface area contributed by atoms with Gasteiger partial charge in [0.1, 0.15) is 0 Å². The van der Waals surface area contributed by atoms with Gasteiger partial charge in [-0.2, -0.15) is 8.42 Å². The molecule has 0 unspecified atom stereocenters. The number of nitrogens with zero attached hydrogens (tertiary/aromatic N) is 1. The number of carboxylic acids is 2. The van der Waals surface area contributed by atoms with Gasteiger partial charge in [-0.1, -0.05) is 42.5 Å². The number of nitrogens with one attached hydrogen (secondary N) is 1. The van der Waals surface area contributed by atoms with Gasteiger partial charge in [0.25, 0.3) is 21.9 Å². The van der Waals surface area contributed by atoms with E-state index in [-0.39, 0.29) is 50.7 Å². The minimum absolute atomic E-state index is 0.0197. The molecule has 2 aliphatic rings. The smallest absolute Gasteiger partial charge is 0.335 e. The van der Waals surface area contributed by atoms with E-state index >= 15 is 0 Å². The zero-order valence-electron chi connectivity index (χ0n) is 19.8. The molecule has 39 heavy (non-hydrogen) atoms. The first-order chi connectivity index (χ1) is 18.5. The van der Waals surface area contributed by atoms with Crippen molar-refractivity contribution in [3.63, 3.8) is 0 Å². The number of aromatic carboxylic acids is 2. The highest BCUT2D eigenvalue weighted by Gasteiger charge is 2.45. The van der Waals surface area contributed by atoms with Gasteiger partial charge in [0, 0.05) is 0 Å². The van der Waals surface area contributed by atoms with Gasteiger partial charge in [0.2, 0.25) is 0 Å². The lowest BCUT2D eigenvalue weighted by Gasteiger charge is -2.22. The van der Waals surface area contributed by atoms with Crippen molar-refractivity contribution in [1.82, 2.24) is 10.2 Å². The molecule has 0 bridgehead atoms. The summed E-state index contributed by atoms with van der Waals surface area (Å²) in [6, 6.07) is 17.0. The highest BCUT2D eigenvalue weighted by Crippen LogP contribution is 2.43. The highest BCUT2D eigenvalue weighted by atomic mass is 32.2. The Morgan fingerprint density at radius 2 is 1.38 bits per heavy atom. The maximum Gasteiger partial charge on any atom is 0.335 e. The number of rotatable bonds is 7. The maximum absolute atomic E-state index is 13.8. The van der Waals surface area contributed by atoms with Crippen LogP contribution in [-0.2, 0) is 26.3 Å². The normalized spacial score (nSPS) is 15.1. The number of benzene rings is 3. The minimum Gasteiger partial charge on any atom is -0.478 e. The van der Waals surface area contributed by atoms with Gasteiger partial charge < -0.3 is 20.4 Å². The van der Waals surface area contributed by atoms with Crippen LogP contribution >= 0.6 is 0 Å². The summed E-state index contributed by atoms with van der Waals surface area (Å²) >= 11 is 0. The van der Waals surface area contributed by atoms with E-state index in [1.165, 1.54) is 29.2 Å². The summed E-state index contributed by atoms with van der Waals surface area (Å²) < 4.78 is 32.1. The molecule has 2 amide bonds. The van der Waals surface area contributed by atoms with E-state index in [1.54, 1.807) is 30.3 Å². The van der Waals surface area contributed by atoms with Gasteiger partial charge >= 0.3 is 11.9 Å². The second-order valence-electron chi connectivity index (χ2n) is 8.71. The Bertz CT molecular complexity index is 1720. The van der Waals surface area contributed by atoms with Crippen LogP contribution in [0.1, 0.15) is 37.4 Å². The van der Waals surface area contributed by atoms with Gasteiger partial charge in [0.05, 0.1) is 45.1 Å². The molecule has 4 N–H and O–H groups in total. The monoisotopic (exact) mass is 546 g/mol. The molecule has 5 rings (SSSR count). The van der Waals surface area contributed by atoms with Crippen molar-refractivity contribution in [3.05, 3.63) is 112 Å². The lowest BCUT2D eigenvalue weighted by Crippen LogP contribution is -2.27. The fraction of sp³-hybridized carbons (Fsp3) is 0.0370. The summed E-state index contributed by atoms with van der Waals surface area (Å²) in [6.45, 7) is -0.236. The van der Waals surface area contributed by atoms with Gasteiger partial charge in [-0.3, -0.25) is 14.1 Å². The molecule has 3 aromatic rings. The van der Waals surface area contributed by atoms with Crippen molar-refractivity contribution in [2.75, 3.05) is 0 Å². The lowest BCUT2D eigenvalue weighted by molar-refractivity contribution is -0.123. The first-order valence-electron chi connectivity index (χ1n) is 11.3. The van der Waals surface area contributed by atoms with Crippen molar-refractivity contribution in [1.29, 1.82) is 0 Å². The number of hydrogen-bond acceptors (Lipinski definition) is 6. The zero-order chi connectivity index (χ0) is 28.1. The predicted octanol–water partition coefficient (Wildman–Crippen LogP) is 2.62. The maximum atomic E-state index is 13.8. The molecule has 196 valence electrons. The van der Waals surface area contributed by atoms with Crippen LogP contribution in [0.5, 0.6) is 0 Å². The largest absolute Gasteiger partial charge is 0.478 e. The van der Waals surface area contributed by atoms with Gasteiger partial charge in [-0.05, 0) is 47.0 Å². The second-order valence-corrected chi connectivity index (χ2v) is 10.1. The molecule has 12 heteroatoms. The summed E-state index contributed by atoms with van der Waals surface area (Å²) in [5.41, 5.74) is 0.947. The molecule has 0 fully saturated rings. The third-order valence-electron chi connectivity index (χ3n) is 6.25. The average molecular weight is 547 g/mol. The number of amides is 2. The Balaban J connectivity index is 1.67. The minimum atomic E-state index is -4.46. The SMILES string of the molecule is O=C1NC(c2ccc(S(=O)(=O)O)cc2)=C2C(=O)N(Cc3cc(C(=O)O)cc(C(=O)O)c3)C(c3ccccc3)=C12. The van der Waals surface area contributed by atoms with Crippen LogP contribution in [0, 0.1) is 0 Å². The standard InChI is InChI=1S/C27H18N2O9S/c30-24-21-20(22(28-24)15-6-8-19(9-7-15)39(36,37)38)25(31)29(23(21)16-4-2-1-3-5-16)13-14-10-17(26(32)33)12-18(11-14)27(34)35/h1-12H,13H2,(H,28,30)(H,32,33)(H,34,35)(H,36,37,38). The van der Waals surface area contributed by atoms with Crippen molar-refractivity contribution >= 4 is 45.3 Å². The van der Waals surface area contributed by atoms with Crippen LogP contribution in [0.25, 0.3) is 11.4 Å². The molecule has 0 spiro atoms. The van der Waals surface area contributed by atoms with Crippen LogP contribution < -0.4 is 5.32 Å². The second kappa shape index (κ2) is 9.35. The lowest BCUT2D eigenvalue weighted by atomic mass is 10.0. The third kappa shape index (κ3) is 4.58. The summed E-state index contributed by atoms with van der Waals surface area (Å²) in [5.74, 6) is -3.88. The molecule has 3 aromatic carbocycles. The number of carbonyl (C=O) groups is 4. The van der Waals surface area contributed by atoms with Crippen molar-refractivity contribution in [2.24, 2.45) is 0 Å². The van der Waals surface area contributed by atoms with E-state index in [1.807, 2.05) is 0 Å². The van der Waals surface area contributed by atoms with Crippen LogP contribution in [0.2, 0.25) is 0 Å². The zero-order valence-corrected chi connectivity index (χ0v) is 20.6. The van der Waals surface area contributed by atoms with Crippen LogP contribution in [0.15, 0.2) is 88.8 Å². The molecule has 11 nitrogen and oxygen atoms in total. The van der Waals surface area contributed by atoms with Gasteiger partial charge in [0.15, 0.2) is 0 Å². The van der Waals surface area contributed by atoms with E-state index in [0.29, 0.717) is 11.1 Å². The van der Waals surface area contributed by atoms with E-state index in [2.05, 4.69) is 5.32 Å². The van der Waals surface area contributed by atoms with E-state index in [4.69, 9.17) is 0 Å². The molecule has 0 saturated heterocycles. The summed E-state index contributed by atoms with van der Waals surface area (Å²) in [5, 5.41) is 21.6. The van der Waals surface area contributed by atoms with Crippen LogP contribution in [0.3, 0.4) is 0 Å². The Morgan fingerprint density at radius 3 is 1.92 bits per heavy atom. The summed E-state index contributed by atoms with van der Waals surface area (Å²) in [7, 11) is -4.46. The van der Waals surface area contributed by atoms with Crippen molar-refractivity contribution < 1.29 is 42.4 Å². The summed E-state index contributed by atoms with van der Waals surface area (Å²) in [4.78, 5) is 51.2. The predicted molar refractivity (Wildman–Crippen MR) is 136 cm³/mol. The number of hydrogen-bond donors (Lipinski definition) is 4. The quantitative estimate of drug-likeness (QED) is 0.324. The average Bonchev–Trinajstić information content (AvgIpc) is 3.38. The van der Waals surface area contributed by atoms with E-state index in [9.17, 15) is 42.4 Å². The molecule has 2 heterocycles. The molecular weight excluding hydrogens is 528 g/mol. The number of carbonyl (C=O) groups excluding carboxylic acids is 2. The fourth-order valence-electron chi connectivity index (χ4n) is 4.56. The molecule has 0 saturated carbocycles. The van der Waals surface area contributed by atoms with E-state index < -0.39 is 33.9 Å². The van der Waals surface area contributed by atoms with Crippen molar-refractivity contribution in [2.45, 2.75) is 11.4 Å². The fourth-order valence-corrected chi connectivity index (χ4v) is 5.04. The van der Waals surface area contributed by atoms with Crippen molar-refractivity contribution in [3.8, 4) is 0 Å². The topological polar surface area (TPSA) is 178 Å². The Morgan fingerprint density at radius 1 is 0.795 bits per heavy atom. The molecule has 0 aromatic heterocycles. The van der Waals surface area contributed by atoms with Gasteiger partial charge in [-0.25, -0.2) is 9.59 Å².